The average Bonchev–Trinajstić information content (AvgIpc) is 2.59. The van der Waals surface area contributed by atoms with Crippen molar-refractivity contribution in [3.05, 3.63) is 0 Å². The summed E-state index contributed by atoms with van der Waals surface area (Å²) in [6, 6.07) is -0.739. The zero-order valence-corrected chi connectivity index (χ0v) is 17.5. The molecular weight excluding hydrogens is 405 g/mol. The van der Waals surface area contributed by atoms with Crippen molar-refractivity contribution in [3.8, 4) is 0 Å². The first kappa shape index (κ1) is 26.4. The van der Waals surface area contributed by atoms with Crippen LogP contribution >= 0.6 is 7.37 Å². The molecule has 0 saturated carbocycles. The van der Waals surface area contributed by atoms with Crippen molar-refractivity contribution in [3.63, 3.8) is 0 Å². The quantitative estimate of drug-likeness (QED) is 0.288. The van der Waals surface area contributed by atoms with E-state index in [1.54, 1.807) is 16.7 Å². The summed E-state index contributed by atoms with van der Waals surface area (Å²) < 4.78 is 11.7. The molecule has 0 bridgehead atoms. The van der Waals surface area contributed by atoms with Crippen LogP contribution in [0, 0.1) is 0 Å². The third-order valence-corrected chi connectivity index (χ3v) is 5.30. The molecule has 0 amide bonds. The fourth-order valence-corrected chi connectivity index (χ4v) is 4.13. The smallest absolute Gasteiger partial charge is 0.853 e. The zero-order valence-electron chi connectivity index (χ0n) is 15.5. The molecule has 1 fully saturated rings. The van der Waals surface area contributed by atoms with Gasteiger partial charge >= 0.3 is 17.1 Å². The SMILES string of the molecule is C[C@H]([O-])CN1CCN(CP(C)(=O)[O-])CCN([C@H](C[O-])[C@H](O)CO)CC1.[Fe+6]. The van der Waals surface area contributed by atoms with Crippen molar-refractivity contribution < 1.29 is 47.0 Å². The minimum Gasteiger partial charge on any atom is -0.853 e. The van der Waals surface area contributed by atoms with Gasteiger partial charge in [-0.1, -0.05) is 6.92 Å². The summed E-state index contributed by atoms with van der Waals surface area (Å²) in [7, 11) is -3.48. The van der Waals surface area contributed by atoms with Gasteiger partial charge in [0.25, 0.3) is 0 Å². The van der Waals surface area contributed by atoms with Crippen molar-refractivity contribution in [1.29, 1.82) is 0 Å². The van der Waals surface area contributed by atoms with E-state index in [9.17, 15) is 24.8 Å². The number of hydrogen-bond donors (Lipinski definition) is 2. The van der Waals surface area contributed by atoms with Crippen LogP contribution in [0.3, 0.4) is 0 Å². The van der Waals surface area contributed by atoms with E-state index in [0.717, 1.165) is 0 Å². The Kier molecular flexibility index (Phi) is 13.0. The fraction of sp³-hybridized carbons (Fsp3) is 1.00. The minimum atomic E-state index is -3.48. The number of aliphatic hydroxyl groups is 2. The van der Waals surface area contributed by atoms with Crippen molar-refractivity contribution in [1.82, 2.24) is 14.7 Å². The second-order valence-corrected chi connectivity index (χ2v) is 9.22. The molecule has 1 rings (SSSR count). The Labute approximate surface area is 166 Å². The minimum absolute atomic E-state index is 0. The van der Waals surface area contributed by atoms with Crippen molar-refractivity contribution in [2.75, 3.05) is 72.0 Å². The van der Waals surface area contributed by atoms with Crippen LogP contribution in [0.1, 0.15) is 6.92 Å². The fourth-order valence-electron chi connectivity index (χ4n) is 3.12. The Morgan fingerprint density at radius 3 is 2.08 bits per heavy atom. The number of nitrogens with zero attached hydrogens (tertiary/aromatic N) is 3. The first-order chi connectivity index (χ1) is 11.7. The normalized spacial score (nSPS) is 24.4. The van der Waals surface area contributed by atoms with E-state index in [4.69, 9.17) is 5.11 Å². The van der Waals surface area contributed by atoms with Gasteiger partial charge in [-0.2, -0.15) is 0 Å². The van der Waals surface area contributed by atoms with Gasteiger partial charge in [-0.25, -0.2) is 0 Å². The van der Waals surface area contributed by atoms with Crippen LogP contribution in [0.4, 0.5) is 0 Å². The van der Waals surface area contributed by atoms with Crippen molar-refractivity contribution >= 4 is 7.37 Å². The van der Waals surface area contributed by atoms with Gasteiger partial charge in [-0.3, -0.25) is 9.80 Å². The second kappa shape index (κ2) is 12.8. The molecule has 4 atom stereocenters. The summed E-state index contributed by atoms with van der Waals surface area (Å²) in [5.74, 6) is 0. The van der Waals surface area contributed by atoms with Gasteiger partial charge in [0.15, 0.2) is 0 Å². The van der Waals surface area contributed by atoms with E-state index in [1.807, 2.05) is 4.90 Å². The summed E-state index contributed by atoms with van der Waals surface area (Å²) in [4.78, 5) is 17.2. The Balaban J connectivity index is 0.00000625. The van der Waals surface area contributed by atoms with Gasteiger partial charge in [0, 0.05) is 59.0 Å². The van der Waals surface area contributed by atoms with Crippen LogP contribution in [0.5, 0.6) is 0 Å². The molecule has 1 unspecified atom stereocenters. The Hall–Kier alpha value is 0.429. The van der Waals surface area contributed by atoms with Crippen molar-refractivity contribution in [2.24, 2.45) is 0 Å². The topological polar surface area (TPSA) is 136 Å². The molecule has 0 aromatic heterocycles. The third-order valence-electron chi connectivity index (χ3n) is 4.38. The van der Waals surface area contributed by atoms with Gasteiger partial charge in [-0.05, 0) is 13.2 Å². The standard InChI is InChI=1S/C15H32N3O6P.Fe/c1-13(21)9-16-3-4-17(12-25(2,23)24)6-8-18(7-5-16)14(10-19)15(22)11-20;/h13-15,20,22H,3-12H2,1-2H3,(H,23,24);/q-2;+6/p-1/t13-,14+,15+;/m0./s1. The molecule has 1 saturated heterocycles. The molecule has 1 aliphatic rings. The second-order valence-electron chi connectivity index (χ2n) is 6.90. The van der Waals surface area contributed by atoms with Gasteiger partial charge in [-0.15, -0.1) is 12.7 Å². The first-order valence-corrected chi connectivity index (χ1v) is 10.9. The Morgan fingerprint density at radius 2 is 1.62 bits per heavy atom. The number of hydrogen-bond acceptors (Lipinski definition) is 9. The Bertz CT molecular complexity index is 428. The van der Waals surface area contributed by atoms with E-state index in [-0.39, 0.29) is 23.4 Å². The van der Waals surface area contributed by atoms with E-state index < -0.39 is 38.8 Å². The molecule has 1 aliphatic heterocycles. The van der Waals surface area contributed by atoms with Gasteiger partial charge in [0.1, 0.15) is 0 Å². The van der Waals surface area contributed by atoms with Gasteiger partial charge < -0.3 is 34.8 Å². The molecule has 0 aliphatic carbocycles. The molecule has 1 heterocycles. The van der Waals surface area contributed by atoms with E-state index in [2.05, 4.69) is 0 Å². The van der Waals surface area contributed by atoms with Crippen LogP contribution in [0.2, 0.25) is 0 Å². The monoisotopic (exact) mass is 436 g/mol. The molecule has 11 heteroatoms. The molecule has 26 heavy (non-hydrogen) atoms. The summed E-state index contributed by atoms with van der Waals surface area (Å²) >= 11 is 0. The molecule has 152 valence electrons. The molecule has 9 nitrogen and oxygen atoms in total. The molecule has 0 radical (unpaired) electrons. The van der Waals surface area contributed by atoms with Crippen LogP contribution in [-0.4, -0.2) is 115 Å². The van der Waals surface area contributed by atoms with Crippen molar-refractivity contribution in [2.45, 2.75) is 25.2 Å². The Morgan fingerprint density at radius 1 is 1.12 bits per heavy atom. The summed E-state index contributed by atoms with van der Waals surface area (Å²) in [6.07, 6.45) is -1.97. The molecule has 0 aromatic rings. The maximum absolute atomic E-state index is 11.7. The van der Waals surface area contributed by atoms with E-state index in [0.29, 0.717) is 45.8 Å². The maximum Gasteiger partial charge on any atom is 6.00 e. The number of rotatable bonds is 8. The first-order valence-electron chi connectivity index (χ1n) is 8.65. The number of aliphatic hydroxyl groups excluding tert-OH is 2. The predicted octanol–water partition coefficient (Wildman–Crippen LogP) is -4.04. The predicted molar refractivity (Wildman–Crippen MR) is 89.2 cm³/mol. The summed E-state index contributed by atoms with van der Waals surface area (Å²) in [5, 5.41) is 42.1. The average molecular weight is 436 g/mol. The van der Waals surface area contributed by atoms with Crippen LogP contribution < -0.4 is 15.1 Å². The van der Waals surface area contributed by atoms with E-state index >= 15 is 0 Å². The van der Waals surface area contributed by atoms with Crippen LogP contribution in [-0.2, 0) is 21.6 Å². The van der Waals surface area contributed by atoms with Gasteiger partial charge in [0.05, 0.1) is 12.7 Å². The molecule has 0 aromatic carbocycles. The van der Waals surface area contributed by atoms with Gasteiger partial charge in [0.2, 0.25) is 0 Å². The molecular formula is C15H31FeN3O6P+3. The van der Waals surface area contributed by atoms with Crippen LogP contribution in [0.25, 0.3) is 0 Å². The van der Waals surface area contributed by atoms with E-state index in [1.165, 1.54) is 6.66 Å². The molecule has 0 spiro atoms. The maximum atomic E-state index is 11.7. The largest absolute Gasteiger partial charge is 6.00 e. The summed E-state index contributed by atoms with van der Waals surface area (Å²) in [5.41, 5.74) is 0. The molecule has 2 N–H and O–H groups in total. The summed E-state index contributed by atoms with van der Waals surface area (Å²) in [6.45, 7) is 5.04. The third kappa shape index (κ3) is 10.1. The van der Waals surface area contributed by atoms with Crippen LogP contribution in [0.15, 0.2) is 0 Å². The zero-order chi connectivity index (χ0) is 19.0.